The molecule has 2 heterocycles. The van der Waals surface area contributed by atoms with Gasteiger partial charge in [0.05, 0.1) is 6.61 Å². The summed E-state index contributed by atoms with van der Waals surface area (Å²) in [5.41, 5.74) is 0.105. The number of likely N-dealkylation sites (N-methyl/N-ethyl adjacent to an activating group) is 1. The highest BCUT2D eigenvalue weighted by molar-refractivity contribution is 5.87. The summed E-state index contributed by atoms with van der Waals surface area (Å²) in [5.74, 6) is -0.524. The van der Waals surface area contributed by atoms with Crippen LogP contribution in [0.5, 0.6) is 0 Å². The third kappa shape index (κ3) is 3.94. The number of hydrogen-bond acceptors (Lipinski definition) is 7. The van der Waals surface area contributed by atoms with Gasteiger partial charge in [0.25, 0.3) is 6.01 Å². The summed E-state index contributed by atoms with van der Waals surface area (Å²) >= 11 is 0. The maximum Gasteiger partial charge on any atom is 0.360 e. The van der Waals surface area contributed by atoms with E-state index in [-0.39, 0.29) is 30.8 Å². The second kappa shape index (κ2) is 7.07. The third-order valence-electron chi connectivity index (χ3n) is 3.15. The predicted octanol–water partition coefficient (Wildman–Crippen LogP) is -0.281. The smallest absolute Gasteiger partial charge is 0.360 e. The number of carbonyl (C=O) groups is 2. The average molecular weight is 296 g/mol. The lowest BCUT2D eigenvalue weighted by molar-refractivity contribution is -0.130. The number of ether oxygens (including phenoxy) is 1. The van der Waals surface area contributed by atoms with Crippen molar-refractivity contribution in [2.45, 2.75) is 6.92 Å². The standard InChI is InChI=1S/C13H20N4O4/c1-3-20-12(19)10-9-21-13(15-10)16(2)8-11(18)17-6-4-14-5-7-17/h9,14H,3-8H2,1-2H3. The molecule has 1 aromatic heterocycles. The number of hydrogen-bond donors (Lipinski definition) is 1. The molecule has 8 nitrogen and oxygen atoms in total. The van der Waals surface area contributed by atoms with Crippen molar-refractivity contribution in [1.82, 2.24) is 15.2 Å². The molecule has 1 amide bonds. The van der Waals surface area contributed by atoms with E-state index in [0.717, 1.165) is 13.1 Å². The van der Waals surface area contributed by atoms with Gasteiger partial charge in [-0.15, -0.1) is 0 Å². The van der Waals surface area contributed by atoms with Crippen LogP contribution >= 0.6 is 0 Å². The molecule has 1 saturated heterocycles. The zero-order valence-electron chi connectivity index (χ0n) is 12.3. The minimum atomic E-state index is -0.533. The van der Waals surface area contributed by atoms with Gasteiger partial charge in [-0.25, -0.2) is 4.79 Å². The van der Waals surface area contributed by atoms with Crippen molar-refractivity contribution in [3.8, 4) is 0 Å². The van der Waals surface area contributed by atoms with E-state index in [2.05, 4.69) is 10.3 Å². The Kier molecular flexibility index (Phi) is 5.15. The summed E-state index contributed by atoms with van der Waals surface area (Å²) < 4.78 is 10.0. The topological polar surface area (TPSA) is 87.9 Å². The summed E-state index contributed by atoms with van der Waals surface area (Å²) in [6.45, 7) is 5.17. The van der Waals surface area contributed by atoms with Gasteiger partial charge in [-0.05, 0) is 6.92 Å². The van der Waals surface area contributed by atoms with Gasteiger partial charge in [0.2, 0.25) is 5.91 Å². The monoisotopic (exact) mass is 296 g/mol. The van der Waals surface area contributed by atoms with Crippen LogP contribution in [-0.4, -0.2) is 68.1 Å². The quantitative estimate of drug-likeness (QED) is 0.748. The Morgan fingerprint density at radius 2 is 2.19 bits per heavy atom. The molecule has 1 aromatic rings. The van der Waals surface area contributed by atoms with Crippen molar-refractivity contribution in [1.29, 1.82) is 0 Å². The molecule has 8 heteroatoms. The second-order valence-electron chi connectivity index (χ2n) is 4.72. The van der Waals surface area contributed by atoms with Crippen LogP contribution in [0.25, 0.3) is 0 Å². The van der Waals surface area contributed by atoms with Crippen LogP contribution in [0.15, 0.2) is 10.7 Å². The SMILES string of the molecule is CCOC(=O)c1coc(N(C)CC(=O)N2CCNCC2)n1. The van der Waals surface area contributed by atoms with Crippen LogP contribution in [-0.2, 0) is 9.53 Å². The van der Waals surface area contributed by atoms with Crippen LogP contribution in [0.4, 0.5) is 6.01 Å². The summed E-state index contributed by atoms with van der Waals surface area (Å²) in [5, 5.41) is 3.19. The number of aromatic nitrogens is 1. The third-order valence-corrected chi connectivity index (χ3v) is 3.15. The predicted molar refractivity (Wildman–Crippen MR) is 75.2 cm³/mol. The first kappa shape index (κ1) is 15.3. The van der Waals surface area contributed by atoms with Crippen LogP contribution in [0.2, 0.25) is 0 Å². The lowest BCUT2D eigenvalue weighted by Gasteiger charge is -2.28. The first-order chi connectivity index (χ1) is 10.1. The molecule has 1 aliphatic heterocycles. The number of anilines is 1. The fourth-order valence-corrected chi connectivity index (χ4v) is 2.02. The molecule has 0 radical (unpaired) electrons. The lowest BCUT2D eigenvalue weighted by atomic mass is 10.3. The zero-order chi connectivity index (χ0) is 15.2. The summed E-state index contributed by atoms with van der Waals surface area (Å²) in [4.78, 5) is 31.0. The summed E-state index contributed by atoms with van der Waals surface area (Å²) in [6, 6.07) is 0.224. The second-order valence-corrected chi connectivity index (χ2v) is 4.72. The highest BCUT2D eigenvalue weighted by atomic mass is 16.5. The molecule has 0 unspecified atom stereocenters. The van der Waals surface area contributed by atoms with Crippen LogP contribution < -0.4 is 10.2 Å². The molecule has 0 atom stereocenters. The molecule has 0 saturated carbocycles. The van der Waals surface area contributed by atoms with E-state index in [9.17, 15) is 9.59 Å². The van der Waals surface area contributed by atoms with Crippen LogP contribution in [0.3, 0.4) is 0 Å². The Balaban J connectivity index is 1.92. The van der Waals surface area contributed by atoms with E-state index in [4.69, 9.17) is 9.15 Å². The average Bonchev–Trinajstić information content (AvgIpc) is 2.98. The van der Waals surface area contributed by atoms with Crippen LogP contribution in [0, 0.1) is 0 Å². The van der Waals surface area contributed by atoms with E-state index >= 15 is 0 Å². The van der Waals surface area contributed by atoms with Crippen molar-refractivity contribution in [3.63, 3.8) is 0 Å². The number of carbonyl (C=O) groups excluding carboxylic acids is 2. The molecule has 1 fully saturated rings. The highest BCUT2D eigenvalue weighted by Crippen LogP contribution is 2.13. The Morgan fingerprint density at radius 1 is 1.48 bits per heavy atom. The molecule has 1 aliphatic rings. The van der Waals surface area contributed by atoms with Gasteiger partial charge in [-0.2, -0.15) is 4.98 Å². The molecule has 1 N–H and O–H groups in total. The first-order valence-corrected chi connectivity index (χ1v) is 6.94. The van der Waals surface area contributed by atoms with Crippen molar-refractivity contribution in [2.24, 2.45) is 0 Å². The van der Waals surface area contributed by atoms with E-state index < -0.39 is 5.97 Å². The fourth-order valence-electron chi connectivity index (χ4n) is 2.02. The van der Waals surface area contributed by atoms with E-state index in [1.54, 1.807) is 23.8 Å². The van der Waals surface area contributed by atoms with Gasteiger partial charge in [0.15, 0.2) is 5.69 Å². The van der Waals surface area contributed by atoms with Crippen molar-refractivity contribution >= 4 is 17.9 Å². The first-order valence-electron chi connectivity index (χ1n) is 6.94. The number of nitrogens with zero attached hydrogens (tertiary/aromatic N) is 3. The number of rotatable bonds is 5. The fraction of sp³-hybridized carbons (Fsp3) is 0.615. The van der Waals surface area contributed by atoms with Gasteiger partial charge < -0.3 is 24.3 Å². The normalized spacial score (nSPS) is 14.9. The molecular formula is C13H20N4O4. The maximum absolute atomic E-state index is 12.1. The number of amides is 1. The maximum atomic E-state index is 12.1. The molecule has 0 spiro atoms. The molecule has 0 bridgehead atoms. The van der Waals surface area contributed by atoms with Gasteiger partial charge >= 0.3 is 5.97 Å². The molecular weight excluding hydrogens is 276 g/mol. The molecule has 2 rings (SSSR count). The summed E-state index contributed by atoms with van der Waals surface area (Å²) in [6.07, 6.45) is 1.24. The summed E-state index contributed by atoms with van der Waals surface area (Å²) in [7, 11) is 1.70. The van der Waals surface area contributed by atoms with Gasteiger partial charge in [0, 0.05) is 33.2 Å². The highest BCUT2D eigenvalue weighted by Gasteiger charge is 2.21. The molecule has 116 valence electrons. The number of nitrogens with one attached hydrogen (secondary N) is 1. The van der Waals surface area contributed by atoms with Crippen LogP contribution in [0.1, 0.15) is 17.4 Å². The number of piperazine rings is 1. The Morgan fingerprint density at radius 3 is 2.86 bits per heavy atom. The number of esters is 1. The van der Waals surface area contributed by atoms with Crippen molar-refractivity contribution < 1.29 is 18.7 Å². The largest absolute Gasteiger partial charge is 0.461 e. The Labute approximate surface area is 123 Å². The molecule has 0 aliphatic carbocycles. The van der Waals surface area contributed by atoms with Gasteiger partial charge in [-0.1, -0.05) is 0 Å². The van der Waals surface area contributed by atoms with Gasteiger partial charge in [0.1, 0.15) is 12.8 Å². The molecule has 0 aromatic carbocycles. The lowest BCUT2D eigenvalue weighted by Crippen LogP contribution is -2.49. The molecule has 21 heavy (non-hydrogen) atoms. The van der Waals surface area contributed by atoms with Gasteiger partial charge in [-0.3, -0.25) is 4.79 Å². The zero-order valence-corrected chi connectivity index (χ0v) is 12.3. The van der Waals surface area contributed by atoms with Crippen molar-refractivity contribution in [3.05, 3.63) is 12.0 Å². The minimum Gasteiger partial charge on any atom is -0.461 e. The Hall–Kier alpha value is -2.09. The van der Waals surface area contributed by atoms with Crippen molar-refractivity contribution in [2.75, 3.05) is 51.3 Å². The number of oxazole rings is 1. The Bertz CT molecular complexity index is 496. The van der Waals surface area contributed by atoms with E-state index in [1.165, 1.54) is 6.26 Å². The van der Waals surface area contributed by atoms with E-state index in [1.807, 2.05) is 0 Å². The van der Waals surface area contributed by atoms with E-state index in [0.29, 0.717) is 13.1 Å². The minimum absolute atomic E-state index is 0.00915.